The number of hydrogen-bond acceptors (Lipinski definition) is 3. The highest BCUT2D eigenvalue weighted by atomic mass is 16.6. The van der Waals surface area contributed by atoms with Gasteiger partial charge in [0.25, 0.3) is 0 Å². The Bertz CT molecular complexity index is 506. The van der Waals surface area contributed by atoms with E-state index >= 15 is 0 Å². The molecule has 0 aliphatic carbocycles. The van der Waals surface area contributed by atoms with E-state index in [4.69, 9.17) is 4.74 Å². The lowest BCUT2D eigenvalue weighted by molar-refractivity contribution is 0.0299. The summed E-state index contributed by atoms with van der Waals surface area (Å²) >= 11 is 0. The molecule has 22 heavy (non-hydrogen) atoms. The molecule has 4 nitrogen and oxygen atoms in total. The van der Waals surface area contributed by atoms with Crippen LogP contribution in [0.2, 0.25) is 0 Å². The maximum Gasteiger partial charge on any atom is 0.410 e. The van der Waals surface area contributed by atoms with Gasteiger partial charge in [0.2, 0.25) is 0 Å². The first-order valence-electron chi connectivity index (χ1n) is 7.85. The van der Waals surface area contributed by atoms with Crippen LogP contribution in [0.25, 0.3) is 0 Å². The van der Waals surface area contributed by atoms with Crippen LogP contribution in [0.5, 0.6) is 0 Å². The molecule has 1 aromatic carbocycles. The maximum absolute atomic E-state index is 11.9. The van der Waals surface area contributed by atoms with Crippen LogP contribution >= 0.6 is 0 Å². The van der Waals surface area contributed by atoms with Crippen molar-refractivity contribution in [1.29, 1.82) is 0 Å². The molecule has 1 atom stereocenters. The van der Waals surface area contributed by atoms with Gasteiger partial charge in [-0.15, -0.1) is 0 Å². The summed E-state index contributed by atoms with van der Waals surface area (Å²) in [4.78, 5) is 13.5. The van der Waals surface area contributed by atoms with E-state index in [9.17, 15) is 4.79 Å². The SMILES string of the molecule is Cc1ccc(C(C)NCCN(C)C(=O)OC(C)(C)C)c(C)c1. The van der Waals surface area contributed by atoms with Crippen molar-refractivity contribution in [3.63, 3.8) is 0 Å². The number of amides is 1. The van der Waals surface area contributed by atoms with Crippen LogP contribution < -0.4 is 5.32 Å². The summed E-state index contributed by atoms with van der Waals surface area (Å²) in [6.07, 6.45) is -0.284. The van der Waals surface area contributed by atoms with Gasteiger partial charge in [-0.3, -0.25) is 0 Å². The number of ether oxygens (including phenoxy) is 1. The monoisotopic (exact) mass is 306 g/mol. The molecule has 1 N–H and O–H groups in total. The molecule has 0 aliphatic heterocycles. The first-order chi connectivity index (χ1) is 10.1. The summed E-state index contributed by atoms with van der Waals surface area (Å²) in [7, 11) is 1.76. The van der Waals surface area contributed by atoms with E-state index in [1.165, 1.54) is 16.7 Å². The smallest absolute Gasteiger partial charge is 0.410 e. The fraction of sp³-hybridized carbons (Fsp3) is 0.611. The summed E-state index contributed by atoms with van der Waals surface area (Å²) in [6.45, 7) is 13.3. The number of hydrogen-bond donors (Lipinski definition) is 1. The summed E-state index contributed by atoms with van der Waals surface area (Å²) < 4.78 is 5.33. The Hall–Kier alpha value is -1.55. The van der Waals surface area contributed by atoms with Crippen molar-refractivity contribution in [1.82, 2.24) is 10.2 Å². The van der Waals surface area contributed by atoms with E-state index in [0.717, 1.165) is 6.54 Å². The number of nitrogens with one attached hydrogen (secondary N) is 1. The van der Waals surface area contributed by atoms with E-state index in [1.807, 2.05) is 20.8 Å². The van der Waals surface area contributed by atoms with Crippen LogP contribution in [0.3, 0.4) is 0 Å². The number of likely N-dealkylation sites (N-methyl/N-ethyl adjacent to an activating group) is 1. The van der Waals surface area contributed by atoms with E-state index in [-0.39, 0.29) is 12.1 Å². The highest BCUT2D eigenvalue weighted by Gasteiger charge is 2.19. The topological polar surface area (TPSA) is 41.6 Å². The van der Waals surface area contributed by atoms with Crippen LogP contribution in [-0.2, 0) is 4.74 Å². The van der Waals surface area contributed by atoms with Crippen molar-refractivity contribution in [3.05, 3.63) is 34.9 Å². The largest absolute Gasteiger partial charge is 0.444 e. The fourth-order valence-corrected chi connectivity index (χ4v) is 2.30. The molecule has 4 heteroatoms. The van der Waals surface area contributed by atoms with Gasteiger partial charge in [0.05, 0.1) is 0 Å². The van der Waals surface area contributed by atoms with Gasteiger partial charge < -0.3 is 15.0 Å². The van der Waals surface area contributed by atoms with Crippen LogP contribution in [0.1, 0.15) is 50.4 Å². The van der Waals surface area contributed by atoms with Crippen molar-refractivity contribution in [2.24, 2.45) is 0 Å². The quantitative estimate of drug-likeness (QED) is 0.899. The average Bonchev–Trinajstić information content (AvgIpc) is 2.36. The van der Waals surface area contributed by atoms with Crippen molar-refractivity contribution >= 4 is 6.09 Å². The van der Waals surface area contributed by atoms with Gasteiger partial charge in [-0.2, -0.15) is 0 Å². The van der Waals surface area contributed by atoms with E-state index in [0.29, 0.717) is 6.54 Å². The first-order valence-corrected chi connectivity index (χ1v) is 7.85. The highest BCUT2D eigenvalue weighted by molar-refractivity contribution is 5.67. The molecule has 1 rings (SSSR count). The minimum Gasteiger partial charge on any atom is -0.444 e. The zero-order valence-corrected chi connectivity index (χ0v) is 15.0. The van der Waals surface area contributed by atoms with E-state index in [2.05, 4.69) is 44.3 Å². The predicted molar refractivity (Wildman–Crippen MR) is 91.2 cm³/mol. The molecule has 0 saturated heterocycles. The second kappa shape index (κ2) is 7.63. The Morgan fingerprint density at radius 2 is 1.95 bits per heavy atom. The molecule has 0 fully saturated rings. The van der Waals surface area contributed by atoms with Gasteiger partial charge in [0.15, 0.2) is 0 Å². The van der Waals surface area contributed by atoms with Gasteiger partial charge >= 0.3 is 6.09 Å². The summed E-state index contributed by atoms with van der Waals surface area (Å²) in [5.41, 5.74) is 3.41. The van der Waals surface area contributed by atoms with Crippen LogP contribution in [-0.4, -0.2) is 36.7 Å². The number of carbonyl (C=O) groups is 1. The molecule has 124 valence electrons. The van der Waals surface area contributed by atoms with Crippen molar-refractivity contribution in [2.75, 3.05) is 20.1 Å². The standard InChI is InChI=1S/C18H30N2O2/c1-13-8-9-16(14(2)12-13)15(3)19-10-11-20(7)17(21)22-18(4,5)6/h8-9,12,15,19H,10-11H2,1-7H3. The Kier molecular flexibility index (Phi) is 6.42. The molecule has 1 aromatic rings. The molecule has 1 amide bonds. The van der Waals surface area contributed by atoms with Gasteiger partial charge in [0, 0.05) is 26.2 Å². The highest BCUT2D eigenvalue weighted by Crippen LogP contribution is 2.18. The van der Waals surface area contributed by atoms with Gasteiger partial charge in [-0.25, -0.2) is 4.79 Å². The number of aryl methyl sites for hydroxylation is 2. The third-order valence-corrected chi connectivity index (χ3v) is 3.49. The molecule has 0 heterocycles. The van der Waals surface area contributed by atoms with Crippen molar-refractivity contribution in [2.45, 2.75) is 53.2 Å². The van der Waals surface area contributed by atoms with Gasteiger partial charge in [-0.1, -0.05) is 23.8 Å². The van der Waals surface area contributed by atoms with E-state index in [1.54, 1.807) is 11.9 Å². The predicted octanol–water partition coefficient (Wildman–Crippen LogP) is 3.82. The number of benzene rings is 1. The molecule has 0 aliphatic rings. The number of nitrogens with zero attached hydrogens (tertiary/aromatic N) is 1. The van der Waals surface area contributed by atoms with E-state index < -0.39 is 5.60 Å². The Balaban J connectivity index is 2.44. The number of rotatable bonds is 5. The molecule has 1 unspecified atom stereocenters. The molecule has 0 spiro atoms. The zero-order chi connectivity index (χ0) is 16.9. The Labute approximate surface area is 134 Å². The Morgan fingerprint density at radius 1 is 1.32 bits per heavy atom. The van der Waals surface area contributed by atoms with Gasteiger partial charge in [-0.05, 0) is 52.7 Å². The lowest BCUT2D eigenvalue weighted by Gasteiger charge is -2.25. The molecule has 0 saturated carbocycles. The molecular formula is C18H30N2O2. The minimum absolute atomic E-state index is 0.257. The fourth-order valence-electron chi connectivity index (χ4n) is 2.30. The van der Waals surface area contributed by atoms with Crippen LogP contribution in [0.4, 0.5) is 4.79 Å². The minimum atomic E-state index is -0.453. The van der Waals surface area contributed by atoms with Crippen LogP contribution in [0, 0.1) is 13.8 Å². The average molecular weight is 306 g/mol. The lowest BCUT2D eigenvalue weighted by Crippen LogP contribution is -2.38. The third kappa shape index (κ3) is 6.06. The molecular weight excluding hydrogens is 276 g/mol. The zero-order valence-electron chi connectivity index (χ0n) is 15.0. The second-order valence-electron chi connectivity index (χ2n) is 6.94. The summed E-state index contributed by atoms with van der Waals surface area (Å²) in [5.74, 6) is 0. The first kappa shape index (κ1) is 18.5. The molecule has 0 radical (unpaired) electrons. The normalized spacial score (nSPS) is 12.9. The molecule has 0 aromatic heterocycles. The maximum atomic E-state index is 11.9. The lowest BCUT2D eigenvalue weighted by atomic mass is 10.0. The second-order valence-corrected chi connectivity index (χ2v) is 6.94. The van der Waals surface area contributed by atoms with Crippen molar-refractivity contribution in [3.8, 4) is 0 Å². The third-order valence-electron chi connectivity index (χ3n) is 3.49. The summed E-state index contributed by atoms with van der Waals surface area (Å²) in [6, 6.07) is 6.75. The van der Waals surface area contributed by atoms with Crippen molar-refractivity contribution < 1.29 is 9.53 Å². The number of carbonyl (C=O) groups excluding carboxylic acids is 1. The Morgan fingerprint density at radius 3 is 2.50 bits per heavy atom. The van der Waals surface area contributed by atoms with Gasteiger partial charge in [0.1, 0.15) is 5.60 Å². The van der Waals surface area contributed by atoms with Crippen LogP contribution in [0.15, 0.2) is 18.2 Å². The summed E-state index contributed by atoms with van der Waals surface area (Å²) in [5, 5.41) is 3.46. The molecule has 0 bridgehead atoms.